The van der Waals surface area contributed by atoms with Gasteiger partial charge in [-0.25, -0.2) is 4.98 Å². The molecule has 0 aliphatic carbocycles. The van der Waals surface area contributed by atoms with Crippen molar-refractivity contribution in [2.45, 2.75) is 9.92 Å². The second-order valence-electron chi connectivity index (χ2n) is 4.23. The van der Waals surface area contributed by atoms with Gasteiger partial charge in [0.25, 0.3) is 0 Å². The predicted octanol–water partition coefficient (Wildman–Crippen LogP) is 3.55. The number of pyridine rings is 1. The Bertz CT molecular complexity index is 740. The highest BCUT2D eigenvalue weighted by atomic mass is 32.2. The van der Waals surface area contributed by atoms with E-state index in [4.69, 9.17) is 11.5 Å². The van der Waals surface area contributed by atoms with E-state index in [0.29, 0.717) is 11.5 Å². The Balaban J connectivity index is 1.94. The molecule has 3 nitrogen and oxygen atoms in total. The van der Waals surface area contributed by atoms with E-state index in [1.807, 2.05) is 18.2 Å². The Morgan fingerprint density at radius 2 is 1.63 bits per heavy atom. The van der Waals surface area contributed by atoms with E-state index >= 15 is 0 Å². The fourth-order valence-electron chi connectivity index (χ4n) is 1.88. The highest BCUT2D eigenvalue weighted by Crippen LogP contribution is 2.30. The highest BCUT2D eigenvalue weighted by molar-refractivity contribution is 7.99. The maximum absolute atomic E-state index is 5.72. The molecule has 0 saturated heterocycles. The van der Waals surface area contributed by atoms with E-state index < -0.39 is 0 Å². The summed E-state index contributed by atoms with van der Waals surface area (Å²) < 4.78 is 0. The molecule has 0 fully saturated rings. The number of rotatable bonds is 2. The number of fused-ring (bicyclic) bond motifs is 1. The van der Waals surface area contributed by atoms with E-state index in [2.05, 4.69) is 35.3 Å². The zero-order valence-electron chi connectivity index (χ0n) is 10.2. The number of nitrogens with two attached hydrogens (primary N) is 2. The van der Waals surface area contributed by atoms with Gasteiger partial charge in [0.1, 0.15) is 10.8 Å². The number of benzene rings is 2. The van der Waals surface area contributed by atoms with Crippen molar-refractivity contribution >= 4 is 34.0 Å². The lowest BCUT2D eigenvalue weighted by molar-refractivity contribution is 1.15. The van der Waals surface area contributed by atoms with Crippen molar-refractivity contribution < 1.29 is 0 Å². The first-order valence-corrected chi connectivity index (χ1v) is 6.73. The highest BCUT2D eigenvalue weighted by Gasteiger charge is 2.03. The molecule has 0 aliphatic rings. The van der Waals surface area contributed by atoms with Crippen molar-refractivity contribution in [1.29, 1.82) is 0 Å². The summed E-state index contributed by atoms with van der Waals surface area (Å²) in [5.41, 5.74) is 11.9. The van der Waals surface area contributed by atoms with Gasteiger partial charge in [0.2, 0.25) is 0 Å². The molecule has 94 valence electrons. The van der Waals surface area contributed by atoms with Crippen LogP contribution in [0.3, 0.4) is 0 Å². The van der Waals surface area contributed by atoms with Crippen LogP contribution in [0.2, 0.25) is 0 Å². The summed E-state index contributed by atoms with van der Waals surface area (Å²) in [4.78, 5) is 5.40. The van der Waals surface area contributed by atoms with E-state index in [0.717, 1.165) is 9.92 Å². The molecule has 0 amide bonds. The second kappa shape index (κ2) is 4.82. The summed E-state index contributed by atoms with van der Waals surface area (Å²) in [5, 5.41) is 3.30. The first-order valence-electron chi connectivity index (χ1n) is 5.91. The predicted molar refractivity (Wildman–Crippen MR) is 81.1 cm³/mol. The molecule has 0 unspecified atom stereocenters. The Morgan fingerprint density at radius 1 is 0.842 bits per heavy atom. The average molecular weight is 267 g/mol. The zero-order chi connectivity index (χ0) is 13.2. The number of hydrogen-bond donors (Lipinski definition) is 2. The molecule has 1 heterocycles. The SMILES string of the molecule is Nc1ccc(Sc2ccc3ccccc3c2)nc1N. The smallest absolute Gasteiger partial charge is 0.147 e. The van der Waals surface area contributed by atoms with Gasteiger partial charge in [-0.1, -0.05) is 42.1 Å². The van der Waals surface area contributed by atoms with Crippen molar-refractivity contribution in [1.82, 2.24) is 4.98 Å². The first kappa shape index (κ1) is 11.9. The summed E-state index contributed by atoms with van der Waals surface area (Å²) in [6.07, 6.45) is 0. The van der Waals surface area contributed by atoms with Crippen LogP contribution in [-0.2, 0) is 0 Å². The third kappa shape index (κ3) is 2.48. The van der Waals surface area contributed by atoms with Gasteiger partial charge in [-0.2, -0.15) is 0 Å². The Kier molecular flexibility index (Phi) is 3.01. The lowest BCUT2D eigenvalue weighted by Gasteiger charge is -2.05. The minimum absolute atomic E-state index is 0.380. The van der Waals surface area contributed by atoms with Crippen LogP contribution in [0.4, 0.5) is 11.5 Å². The Morgan fingerprint density at radius 3 is 2.42 bits per heavy atom. The van der Waals surface area contributed by atoms with Crippen molar-refractivity contribution in [3.05, 3.63) is 54.6 Å². The molecule has 19 heavy (non-hydrogen) atoms. The lowest BCUT2D eigenvalue weighted by atomic mass is 10.1. The number of anilines is 2. The van der Waals surface area contributed by atoms with Crippen LogP contribution in [0.25, 0.3) is 10.8 Å². The molecule has 4 N–H and O–H groups in total. The third-order valence-electron chi connectivity index (χ3n) is 2.88. The van der Waals surface area contributed by atoms with Crippen LogP contribution in [0.1, 0.15) is 0 Å². The fraction of sp³-hybridized carbons (Fsp3) is 0. The number of aromatic nitrogens is 1. The van der Waals surface area contributed by atoms with Crippen molar-refractivity contribution in [3.63, 3.8) is 0 Å². The van der Waals surface area contributed by atoms with Crippen LogP contribution in [0, 0.1) is 0 Å². The molecular formula is C15H13N3S. The summed E-state index contributed by atoms with van der Waals surface area (Å²) in [7, 11) is 0. The summed E-state index contributed by atoms with van der Waals surface area (Å²) in [6.45, 7) is 0. The van der Waals surface area contributed by atoms with Gasteiger partial charge < -0.3 is 11.5 Å². The largest absolute Gasteiger partial charge is 0.396 e. The molecule has 2 aromatic carbocycles. The summed E-state index contributed by atoms with van der Waals surface area (Å²) in [5.74, 6) is 0.380. The molecule has 1 aromatic heterocycles. The zero-order valence-corrected chi connectivity index (χ0v) is 11.0. The van der Waals surface area contributed by atoms with Gasteiger partial charge in [0, 0.05) is 4.90 Å². The minimum Gasteiger partial charge on any atom is -0.396 e. The van der Waals surface area contributed by atoms with Crippen LogP contribution in [0.15, 0.2) is 64.5 Å². The van der Waals surface area contributed by atoms with Gasteiger partial charge in [0.05, 0.1) is 5.69 Å². The first-order chi connectivity index (χ1) is 9.22. The molecule has 0 aliphatic heterocycles. The standard InChI is InChI=1S/C15H13N3S/c16-13-7-8-14(18-15(13)17)19-12-6-5-10-3-1-2-4-11(10)9-12/h1-9H,16H2,(H2,17,18). The van der Waals surface area contributed by atoms with Gasteiger partial charge in [-0.05, 0) is 35.0 Å². The van der Waals surface area contributed by atoms with Crippen molar-refractivity contribution in [3.8, 4) is 0 Å². The number of hydrogen-bond acceptors (Lipinski definition) is 4. The molecule has 0 bridgehead atoms. The lowest BCUT2D eigenvalue weighted by Crippen LogP contribution is -1.97. The monoisotopic (exact) mass is 267 g/mol. The summed E-state index contributed by atoms with van der Waals surface area (Å²) in [6, 6.07) is 18.3. The molecule has 0 atom stereocenters. The Labute approximate surface area is 115 Å². The van der Waals surface area contributed by atoms with Crippen LogP contribution >= 0.6 is 11.8 Å². The Hall–Kier alpha value is -2.20. The van der Waals surface area contributed by atoms with E-state index in [-0.39, 0.29) is 0 Å². The average Bonchev–Trinajstić information content (AvgIpc) is 2.43. The van der Waals surface area contributed by atoms with Crippen LogP contribution in [-0.4, -0.2) is 4.98 Å². The maximum atomic E-state index is 5.72. The van der Waals surface area contributed by atoms with Gasteiger partial charge in [-0.3, -0.25) is 0 Å². The maximum Gasteiger partial charge on any atom is 0.147 e. The van der Waals surface area contributed by atoms with Gasteiger partial charge >= 0.3 is 0 Å². The van der Waals surface area contributed by atoms with E-state index in [9.17, 15) is 0 Å². The van der Waals surface area contributed by atoms with Gasteiger partial charge in [-0.15, -0.1) is 0 Å². The fourth-order valence-corrected chi connectivity index (χ4v) is 2.72. The molecule has 3 rings (SSSR count). The summed E-state index contributed by atoms with van der Waals surface area (Å²) >= 11 is 1.58. The normalized spacial score (nSPS) is 10.7. The molecule has 0 radical (unpaired) electrons. The molecule has 0 saturated carbocycles. The van der Waals surface area contributed by atoms with E-state index in [1.165, 1.54) is 10.8 Å². The molecule has 0 spiro atoms. The molecule has 3 aromatic rings. The quantitative estimate of drug-likeness (QED) is 0.745. The second-order valence-corrected chi connectivity index (χ2v) is 5.33. The van der Waals surface area contributed by atoms with Crippen LogP contribution in [0.5, 0.6) is 0 Å². The number of nitrogens with zero attached hydrogens (tertiary/aromatic N) is 1. The van der Waals surface area contributed by atoms with E-state index in [1.54, 1.807) is 17.8 Å². The number of nitrogen functional groups attached to an aromatic ring is 2. The topological polar surface area (TPSA) is 64.9 Å². The molecular weight excluding hydrogens is 254 g/mol. The third-order valence-corrected chi connectivity index (χ3v) is 3.80. The molecule has 4 heteroatoms. The van der Waals surface area contributed by atoms with Crippen molar-refractivity contribution in [2.24, 2.45) is 0 Å². The van der Waals surface area contributed by atoms with Crippen LogP contribution < -0.4 is 11.5 Å². The minimum atomic E-state index is 0.380. The van der Waals surface area contributed by atoms with Crippen molar-refractivity contribution in [2.75, 3.05) is 11.5 Å². The van der Waals surface area contributed by atoms with Gasteiger partial charge in [0.15, 0.2) is 0 Å².